The minimum Gasteiger partial charge on any atom is -0.504 e. The summed E-state index contributed by atoms with van der Waals surface area (Å²) in [7, 11) is 1.52. The number of carbonyl (C=O) groups excluding carboxylic acids is 1. The van der Waals surface area contributed by atoms with Gasteiger partial charge >= 0.3 is 0 Å². The molecule has 0 aliphatic carbocycles. The lowest BCUT2D eigenvalue weighted by Gasteiger charge is -2.24. The average Bonchev–Trinajstić information content (AvgIpc) is 3.05. The number of aromatic hydroxyl groups is 1. The third-order valence-corrected chi connectivity index (χ3v) is 4.84. The second kappa shape index (κ2) is 7.42. The number of anilines is 1. The predicted octanol–water partition coefficient (Wildman–Crippen LogP) is 2.56. The minimum atomic E-state index is -0.224. The molecule has 0 unspecified atom stereocenters. The van der Waals surface area contributed by atoms with Crippen molar-refractivity contribution in [1.29, 1.82) is 0 Å². The van der Waals surface area contributed by atoms with Crippen LogP contribution in [0.3, 0.4) is 0 Å². The van der Waals surface area contributed by atoms with Gasteiger partial charge in [0.05, 0.1) is 19.4 Å². The summed E-state index contributed by atoms with van der Waals surface area (Å²) in [5.74, 6) is 1.53. The topological polar surface area (TPSA) is 111 Å². The normalized spacial score (nSPS) is 15.6. The first-order chi connectivity index (χ1) is 14.0. The summed E-state index contributed by atoms with van der Waals surface area (Å²) in [4.78, 5) is 12.5. The molecule has 0 saturated carbocycles. The third-order valence-electron chi connectivity index (χ3n) is 4.84. The van der Waals surface area contributed by atoms with E-state index in [0.717, 1.165) is 16.8 Å². The number of aryl methyl sites for hydroxylation is 1. The number of aromatic nitrogens is 4. The van der Waals surface area contributed by atoms with Crippen molar-refractivity contribution in [3.8, 4) is 23.2 Å². The van der Waals surface area contributed by atoms with Gasteiger partial charge in [0, 0.05) is 24.0 Å². The van der Waals surface area contributed by atoms with E-state index in [1.165, 1.54) is 7.11 Å². The summed E-state index contributed by atoms with van der Waals surface area (Å²) in [6, 6.07) is 8.57. The third kappa shape index (κ3) is 3.35. The Hall–Kier alpha value is -3.62. The lowest BCUT2D eigenvalue weighted by molar-refractivity contribution is -0.116. The molecule has 3 heterocycles. The van der Waals surface area contributed by atoms with Crippen LogP contribution in [0.15, 0.2) is 30.3 Å². The van der Waals surface area contributed by atoms with Crippen molar-refractivity contribution < 1.29 is 19.4 Å². The van der Waals surface area contributed by atoms with E-state index in [1.807, 2.05) is 13.8 Å². The van der Waals surface area contributed by atoms with Crippen LogP contribution in [0.2, 0.25) is 0 Å². The highest BCUT2D eigenvalue weighted by atomic mass is 16.5. The molecule has 1 aliphatic heterocycles. The number of ether oxygens (including phenoxy) is 2. The van der Waals surface area contributed by atoms with E-state index in [-0.39, 0.29) is 24.0 Å². The van der Waals surface area contributed by atoms with Gasteiger partial charge in [0.15, 0.2) is 17.3 Å². The second-order valence-electron chi connectivity index (χ2n) is 6.66. The summed E-state index contributed by atoms with van der Waals surface area (Å²) in [6.45, 7) is 4.17. The molecular weight excluding hydrogens is 374 g/mol. The van der Waals surface area contributed by atoms with Gasteiger partial charge in [-0.25, -0.2) is 0 Å². The first kappa shape index (κ1) is 18.7. The Bertz CT molecular complexity index is 1060. The Balaban J connectivity index is 1.81. The van der Waals surface area contributed by atoms with Crippen LogP contribution in [0.25, 0.3) is 5.82 Å². The van der Waals surface area contributed by atoms with E-state index < -0.39 is 0 Å². The van der Waals surface area contributed by atoms with Gasteiger partial charge in [-0.2, -0.15) is 9.78 Å². The number of fused-ring (bicyclic) bond motifs is 1. The van der Waals surface area contributed by atoms with Crippen LogP contribution in [-0.2, 0) is 4.79 Å². The van der Waals surface area contributed by atoms with E-state index >= 15 is 0 Å². The van der Waals surface area contributed by atoms with Crippen LogP contribution in [0.4, 0.5) is 5.82 Å². The molecule has 9 nitrogen and oxygen atoms in total. The van der Waals surface area contributed by atoms with Gasteiger partial charge in [0.1, 0.15) is 5.82 Å². The number of carbonyl (C=O) groups is 1. The molecule has 0 fully saturated rings. The minimum absolute atomic E-state index is 0.0667. The highest BCUT2D eigenvalue weighted by molar-refractivity contribution is 5.95. The van der Waals surface area contributed by atoms with E-state index in [0.29, 0.717) is 29.9 Å². The van der Waals surface area contributed by atoms with E-state index in [2.05, 4.69) is 20.6 Å². The molecule has 3 aromatic rings. The molecular formula is C20H21N5O4. The Morgan fingerprint density at radius 1 is 1.28 bits per heavy atom. The molecule has 1 aliphatic rings. The molecule has 0 bridgehead atoms. The fourth-order valence-corrected chi connectivity index (χ4v) is 3.55. The number of rotatable bonds is 5. The molecule has 0 spiro atoms. The zero-order valence-corrected chi connectivity index (χ0v) is 16.3. The maximum Gasteiger partial charge on any atom is 0.233 e. The molecule has 2 aromatic heterocycles. The Morgan fingerprint density at radius 2 is 2.10 bits per heavy atom. The highest BCUT2D eigenvalue weighted by Crippen LogP contribution is 2.42. The monoisotopic (exact) mass is 395 g/mol. The number of phenolic OH excluding ortho intramolecular Hbond substituents is 1. The van der Waals surface area contributed by atoms with Gasteiger partial charge in [-0.15, -0.1) is 10.2 Å². The molecule has 0 radical (unpaired) electrons. The van der Waals surface area contributed by atoms with Gasteiger partial charge in [-0.1, -0.05) is 6.07 Å². The maximum absolute atomic E-state index is 12.5. The van der Waals surface area contributed by atoms with E-state index in [4.69, 9.17) is 9.47 Å². The van der Waals surface area contributed by atoms with Crippen molar-refractivity contribution in [2.24, 2.45) is 0 Å². The van der Waals surface area contributed by atoms with Crippen LogP contribution in [0.5, 0.6) is 17.4 Å². The van der Waals surface area contributed by atoms with E-state index in [9.17, 15) is 9.90 Å². The number of benzene rings is 1. The lowest BCUT2D eigenvalue weighted by Crippen LogP contribution is -2.25. The second-order valence-corrected chi connectivity index (χ2v) is 6.66. The molecule has 9 heteroatoms. The van der Waals surface area contributed by atoms with Crippen molar-refractivity contribution in [1.82, 2.24) is 20.0 Å². The highest BCUT2D eigenvalue weighted by Gasteiger charge is 2.33. The zero-order valence-electron chi connectivity index (χ0n) is 16.3. The standard InChI is InChI=1S/C20H21N5O4/c1-4-29-15-9-12(5-6-14(15)26)13-10-17(27)21-20-19(13)11(2)24-25(20)16-7-8-18(28-3)23-22-16/h5-9,13,26H,4,10H2,1-3H3,(H,21,27)/t13-/m1/s1. The molecule has 1 amide bonds. The summed E-state index contributed by atoms with van der Waals surface area (Å²) < 4.78 is 12.1. The Kier molecular flexibility index (Phi) is 4.79. The van der Waals surface area contributed by atoms with Crippen LogP contribution < -0.4 is 14.8 Å². The Morgan fingerprint density at radius 3 is 2.79 bits per heavy atom. The molecule has 29 heavy (non-hydrogen) atoms. The zero-order chi connectivity index (χ0) is 20.5. The predicted molar refractivity (Wildman–Crippen MR) is 105 cm³/mol. The van der Waals surface area contributed by atoms with Crippen LogP contribution in [0.1, 0.15) is 36.1 Å². The van der Waals surface area contributed by atoms with Crippen molar-refractivity contribution in [2.75, 3.05) is 19.0 Å². The SMILES string of the molecule is CCOc1cc([C@H]2CC(=O)Nc3c2c(C)nn3-c2ccc(OC)nn2)ccc1O. The molecule has 2 N–H and O–H groups in total. The quantitative estimate of drug-likeness (QED) is 0.683. The van der Waals surface area contributed by atoms with Crippen LogP contribution in [-0.4, -0.2) is 44.7 Å². The van der Waals surface area contributed by atoms with Gasteiger partial charge in [0.25, 0.3) is 0 Å². The molecule has 1 atom stereocenters. The first-order valence-electron chi connectivity index (χ1n) is 9.25. The molecule has 4 rings (SSSR count). The molecule has 150 valence electrons. The number of nitrogens with zero attached hydrogens (tertiary/aromatic N) is 4. The smallest absolute Gasteiger partial charge is 0.233 e. The van der Waals surface area contributed by atoms with Crippen molar-refractivity contribution in [2.45, 2.75) is 26.2 Å². The number of nitrogens with one attached hydrogen (secondary N) is 1. The van der Waals surface area contributed by atoms with Gasteiger partial charge < -0.3 is 19.9 Å². The first-order valence-corrected chi connectivity index (χ1v) is 9.25. The summed E-state index contributed by atoms with van der Waals surface area (Å²) in [5, 5.41) is 25.6. The van der Waals surface area contributed by atoms with Crippen molar-refractivity contribution in [3.05, 3.63) is 47.2 Å². The number of amides is 1. The molecule has 0 saturated heterocycles. The average molecular weight is 395 g/mol. The van der Waals surface area contributed by atoms with Crippen molar-refractivity contribution >= 4 is 11.7 Å². The van der Waals surface area contributed by atoms with Gasteiger partial charge in [-0.05, 0) is 37.6 Å². The fraction of sp³-hybridized carbons (Fsp3) is 0.300. The molecule has 1 aromatic carbocycles. The number of hydrogen-bond acceptors (Lipinski definition) is 7. The summed E-state index contributed by atoms with van der Waals surface area (Å²) >= 11 is 0. The lowest BCUT2D eigenvalue weighted by atomic mass is 9.85. The van der Waals surface area contributed by atoms with Crippen LogP contribution >= 0.6 is 0 Å². The van der Waals surface area contributed by atoms with E-state index in [1.54, 1.807) is 35.0 Å². The van der Waals surface area contributed by atoms with Gasteiger partial charge in [0.2, 0.25) is 11.8 Å². The number of phenols is 1. The van der Waals surface area contributed by atoms with Crippen molar-refractivity contribution in [3.63, 3.8) is 0 Å². The largest absolute Gasteiger partial charge is 0.504 e. The van der Waals surface area contributed by atoms with Crippen LogP contribution in [0, 0.1) is 6.92 Å². The fourth-order valence-electron chi connectivity index (χ4n) is 3.55. The maximum atomic E-state index is 12.5. The van der Waals surface area contributed by atoms with Gasteiger partial charge in [-0.3, -0.25) is 4.79 Å². The number of hydrogen-bond donors (Lipinski definition) is 2. The number of methoxy groups -OCH3 is 1. The summed E-state index contributed by atoms with van der Waals surface area (Å²) in [6.07, 6.45) is 0.268. The Labute approximate surface area is 167 Å². The summed E-state index contributed by atoms with van der Waals surface area (Å²) in [5.41, 5.74) is 2.54.